The van der Waals surface area contributed by atoms with Gasteiger partial charge < -0.3 is 14.8 Å². The summed E-state index contributed by atoms with van der Waals surface area (Å²) in [4.78, 5) is 11.7. The Morgan fingerprint density at radius 1 is 1.12 bits per heavy atom. The van der Waals surface area contributed by atoms with Crippen LogP contribution >= 0.6 is 15.9 Å². The van der Waals surface area contributed by atoms with Crippen LogP contribution in [0.5, 0.6) is 11.5 Å². The second-order valence-corrected chi connectivity index (χ2v) is 5.74. The van der Waals surface area contributed by atoms with Gasteiger partial charge in [-0.1, -0.05) is 34.1 Å². The highest BCUT2D eigenvalue weighted by Gasteiger charge is 2.09. The molecule has 0 aliphatic heterocycles. The predicted octanol–water partition coefficient (Wildman–Crippen LogP) is 3.79. The molecule has 24 heavy (non-hydrogen) atoms. The molecule has 0 aromatic heterocycles. The largest absolute Gasteiger partial charge is 0.484 e. The topological polar surface area (TPSA) is 47.6 Å². The molecule has 0 atom stereocenters. The van der Waals surface area contributed by atoms with Gasteiger partial charge in [0.25, 0.3) is 5.91 Å². The lowest BCUT2D eigenvalue weighted by molar-refractivity contribution is -0.123. The standard InChI is InChI=1S/C17H16BrF2NO3/c18-13-5-7-14(8-6-13)23-11-16(22)21-10-9-12-3-1-2-4-15(12)24-17(19)20/h1-8,17H,9-11H2,(H,21,22). The molecule has 2 rings (SSSR count). The zero-order valence-electron chi connectivity index (χ0n) is 12.7. The molecule has 0 saturated carbocycles. The Hall–Kier alpha value is -2.15. The number of amides is 1. The number of halogens is 3. The van der Waals surface area contributed by atoms with E-state index < -0.39 is 6.61 Å². The highest BCUT2D eigenvalue weighted by atomic mass is 79.9. The summed E-state index contributed by atoms with van der Waals surface area (Å²) >= 11 is 3.31. The number of alkyl halides is 2. The fourth-order valence-corrected chi connectivity index (χ4v) is 2.25. The Balaban J connectivity index is 1.75. The fraction of sp³-hybridized carbons (Fsp3) is 0.235. The second-order valence-electron chi connectivity index (χ2n) is 4.83. The molecule has 0 heterocycles. The Morgan fingerprint density at radius 2 is 1.83 bits per heavy atom. The molecule has 0 bridgehead atoms. The van der Waals surface area contributed by atoms with E-state index in [4.69, 9.17) is 4.74 Å². The minimum Gasteiger partial charge on any atom is -0.484 e. The maximum atomic E-state index is 12.3. The lowest BCUT2D eigenvalue weighted by Crippen LogP contribution is -2.30. The summed E-state index contributed by atoms with van der Waals surface area (Å²) < 4.78 is 35.4. The smallest absolute Gasteiger partial charge is 0.387 e. The summed E-state index contributed by atoms with van der Waals surface area (Å²) in [6, 6.07) is 13.6. The second kappa shape index (κ2) is 9.22. The average molecular weight is 400 g/mol. The molecule has 0 saturated heterocycles. The Kier molecular flexibility index (Phi) is 6.99. The molecule has 0 aliphatic rings. The van der Waals surface area contributed by atoms with Gasteiger partial charge in [-0.2, -0.15) is 8.78 Å². The van der Waals surface area contributed by atoms with Crippen molar-refractivity contribution in [3.63, 3.8) is 0 Å². The van der Waals surface area contributed by atoms with Gasteiger partial charge in [0.15, 0.2) is 6.61 Å². The lowest BCUT2D eigenvalue weighted by atomic mass is 10.1. The van der Waals surface area contributed by atoms with Crippen LogP contribution in [0.2, 0.25) is 0 Å². The third-order valence-electron chi connectivity index (χ3n) is 3.09. The van der Waals surface area contributed by atoms with Gasteiger partial charge in [-0.25, -0.2) is 0 Å². The molecule has 7 heteroatoms. The molecule has 2 aromatic rings. The van der Waals surface area contributed by atoms with Crippen molar-refractivity contribution >= 4 is 21.8 Å². The maximum absolute atomic E-state index is 12.3. The van der Waals surface area contributed by atoms with Gasteiger partial charge in [-0.3, -0.25) is 4.79 Å². The van der Waals surface area contributed by atoms with Gasteiger partial charge in [0.2, 0.25) is 0 Å². The van der Waals surface area contributed by atoms with Crippen LogP contribution in [0.3, 0.4) is 0 Å². The molecule has 1 N–H and O–H groups in total. The van der Waals surface area contributed by atoms with Crippen molar-refractivity contribution in [1.29, 1.82) is 0 Å². The molecule has 2 aromatic carbocycles. The van der Waals surface area contributed by atoms with Gasteiger partial charge in [0.05, 0.1) is 0 Å². The van der Waals surface area contributed by atoms with Gasteiger partial charge in [0.1, 0.15) is 11.5 Å². The van der Waals surface area contributed by atoms with E-state index in [1.807, 2.05) is 12.1 Å². The summed E-state index contributed by atoms with van der Waals surface area (Å²) in [6.07, 6.45) is 0.382. The molecule has 0 spiro atoms. The van der Waals surface area contributed by atoms with Crippen molar-refractivity contribution < 1.29 is 23.0 Å². The number of hydrogen-bond acceptors (Lipinski definition) is 3. The summed E-state index contributed by atoms with van der Waals surface area (Å²) in [5.74, 6) is 0.419. The van der Waals surface area contributed by atoms with E-state index in [9.17, 15) is 13.6 Å². The van der Waals surface area contributed by atoms with Crippen LogP contribution in [0.1, 0.15) is 5.56 Å². The summed E-state index contributed by atoms with van der Waals surface area (Å²) in [7, 11) is 0. The first-order valence-corrected chi connectivity index (χ1v) is 8.01. The third kappa shape index (κ3) is 6.16. The van der Waals surface area contributed by atoms with Gasteiger partial charge >= 0.3 is 6.61 Å². The highest BCUT2D eigenvalue weighted by molar-refractivity contribution is 9.10. The number of ether oxygens (including phenoxy) is 2. The number of carbonyl (C=O) groups excluding carboxylic acids is 1. The predicted molar refractivity (Wildman–Crippen MR) is 89.4 cm³/mol. The number of carbonyl (C=O) groups is 1. The number of rotatable bonds is 8. The zero-order chi connectivity index (χ0) is 17.4. The molecule has 4 nitrogen and oxygen atoms in total. The maximum Gasteiger partial charge on any atom is 0.387 e. The van der Waals surface area contributed by atoms with E-state index in [0.717, 1.165) is 4.47 Å². The molecule has 0 unspecified atom stereocenters. The first-order chi connectivity index (χ1) is 11.5. The van der Waals surface area contributed by atoms with Gasteiger partial charge in [-0.15, -0.1) is 0 Å². The van der Waals surface area contributed by atoms with E-state index >= 15 is 0 Å². The molecule has 1 amide bonds. The Labute approximate surface area is 146 Å². The number of hydrogen-bond donors (Lipinski definition) is 1. The lowest BCUT2D eigenvalue weighted by Gasteiger charge is -2.11. The minimum atomic E-state index is -2.87. The van der Waals surface area contributed by atoms with Crippen molar-refractivity contribution in [3.05, 3.63) is 58.6 Å². The van der Waals surface area contributed by atoms with Crippen LogP contribution in [-0.4, -0.2) is 25.7 Å². The molecular weight excluding hydrogens is 384 g/mol. The monoisotopic (exact) mass is 399 g/mol. The Bertz CT molecular complexity index is 665. The van der Waals surface area contributed by atoms with Crippen molar-refractivity contribution in [3.8, 4) is 11.5 Å². The van der Waals surface area contributed by atoms with Crippen LogP contribution < -0.4 is 14.8 Å². The Morgan fingerprint density at radius 3 is 2.54 bits per heavy atom. The number of benzene rings is 2. The zero-order valence-corrected chi connectivity index (χ0v) is 14.3. The summed E-state index contributed by atoms with van der Waals surface area (Å²) in [5.41, 5.74) is 0.604. The number of para-hydroxylation sites is 1. The van der Waals surface area contributed by atoms with E-state index in [-0.39, 0.29) is 18.3 Å². The van der Waals surface area contributed by atoms with E-state index in [2.05, 4.69) is 26.0 Å². The summed E-state index contributed by atoms with van der Waals surface area (Å²) in [5, 5.41) is 2.68. The van der Waals surface area contributed by atoms with Gasteiger partial charge in [0, 0.05) is 11.0 Å². The van der Waals surface area contributed by atoms with Crippen molar-refractivity contribution in [2.75, 3.05) is 13.2 Å². The fourth-order valence-electron chi connectivity index (χ4n) is 1.99. The molecule has 0 radical (unpaired) electrons. The van der Waals surface area contributed by atoms with Crippen LogP contribution in [0.4, 0.5) is 8.78 Å². The van der Waals surface area contributed by atoms with Crippen LogP contribution in [0.25, 0.3) is 0 Å². The third-order valence-corrected chi connectivity index (χ3v) is 3.62. The molecule has 0 aliphatic carbocycles. The molecule has 128 valence electrons. The van der Waals surface area contributed by atoms with Crippen LogP contribution in [0, 0.1) is 0 Å². The van der Waals surface area contributed by atoms with Crippen LogP contribution in [-0.2, 0) is 11.2 Å². The van der Waals surface area contributed by atoms with Crippen LogP contribution in [0.15, 0.2) is 53.0 Å². The van der Waals surface area contributed by atoms with E-state index in [0.29, 0.717) is 24.3 Å². The first-order valence-electron chi connectivity index (χ1n) is 7.22. The molecular formula is C17H16BrF2NO3. The van der Waals surface area contributed by atoms with Crippen molar-refractivity contribution in [1.82, 2.24) is 5.32 Å². The minimum absolute atomic E-state index is 0.114. The van der Waals surface area contributed by atoms with Crippen molar-refractivity contribution in [2.45, 2.75) is 13.0 Å². The van der Waals surface area contributed by atoms with E-state index in [1.165, 1.54) is 6.07 Å². The first kappa shape index (κ1) is 18.2. The normalized spacial score (nSPS) is 10.5. The quantitative estimate of drug-likeness (QED) is 0.734. The molecule has 0 fully saturated rings. The van der Waals surface area contributed by atoms with Crippen molar-refractivity contribution in [2.24, 2.45) is 0 Å². The average Bonchev–Trinajstić information content (AvgIpc) is 2.55. The van der Waals surface area contributed by atoms with E-state index in [1.54, 1.807) is 30.3 Å². The van der Waals surface area contributed by atoms with Gasteiger partial charge in [-0.05, 0) is 42.3 Å². The SMILES string of the molecule is O=C(COc1ccc(Br)cc1)NCCc1ccccc1OC(F)F. The summed E-state index contributed by atoms with van der Waals surface area (Å²) in [6.45, 7) is -2.69. The highest BCUT2D eigenvalue weighted by Crippen LogP contribution is 2.20. The number of nitrogens with one attached hydrogen (secondary N) is 1.